The van der Waals surface area contributed by atoms with Crippen molar-refractivity contribution in [3.63, 3.8) is 0 Å². The molecule has 55 heavy (non-hydrogen) atoms. The Kier molecular flexibility index (Phi) is 10.7. The first-order valence-electron chi connectivity index (χ1n) is 20.4. The maximum atomic E-state index is 11.8. The number of rotatable bonds is 4. The predicted octanol–water partition coefficient (Wildman–Crippen LogP) is 13.8. The number of ketones is 1. The van der Waals surface area contributed by atoms with Crippen LogP contribution >= 0.6 is 0 Å². The third-order valence-electron chi connectivity index (χ3n) is 13.0. The fourth-order valence-electron chi connectivity index (χ4n) is 9.63. The van der Waals surface area contributed by atoms with E-state index in [2.05, 4.69) is 115 Å². The molecule has 5 heteroatoms. The first-order valence-corrected chi connectivity index (χ1v) is 20.4. The number of aliphatic hydroxyl groups is 1. The van der Waals surface area contributed by atoms with Crippen molar-refractivity contribution in [2.75, 3.05) is 0 Å². The molecule has 1 radical (unpaired) electrons. The molecule has 4 nitrogen and oxygen atoms in total. The van der Waals surface area contributed by atoms with Crippen LogP contribution in [0.1, 0.15) is 129 Å². The van der Waals surface area contributed by atoms with Crippen LogP contribution in [0.25, 0.3) is 54.7 Å². The third-order valence-corrected chi connectivity index (χ3v) is 13.0. The molecule has 2 saturated carbocycles. The molecule has 4 aromatic carbocycles. The maximum Gasteiger partial charge on any atom is 0.162 e. The van der Waals surface area contributed by atoms with Gasteiger partial charge >= 0.3 is 0 Å². The molecule has 2 aromatic heterocycles. The van der Waals surface area contributed by atoms with Crippen LogP contribution in [0.15, 0.2) is 83.1 Å². The second-order valence-corrected chi connectivity index (χ2v) is 18.8. The second kappa shape index (κ2) is 14.9. The van der Waals surface area contributed by atoms with Crippen LogP contribution in [0.5, 0.6) is 0 Å². The summed E-state index contributed by atoms with van der Waals surface area (Å²) in [6, 6.07) is 25.8. The van der Waals surface area contributed by atoms with E-state index >= 15 is 0 Å². The summed E-state index contributed by atoms with van der Waals surface area (Å²) < 4.78 is 6.73. The number of nitrogens with zero attached hydrogens (tertiary/aromatic N) is 1. The Balaban J connectivity index is 0.000000245. The maximum absolute atomic E-state index is 11.8. The number of carbonyl (C=O) groups excluding carboxylic acids is 1. The van der Waals surface area contributed by atoms with Gasteiger partial charge < -0.3 is 9.52 Å². The predicted molar refractivity (Wildman–Crippen MR) is 224 cm³/mol. The van der Waals surface area contributed by atoms with Crippen LogP contribution in [0.3, 0.4) is 0 Å². The van der Waals surface area contributed by atoms with Gasteiger partial charge in [0.2, 0.25) is 0 Å². The smallest absolute Gasteiger partial charge is 0.162 e. The fraction of sp³-hybridized carbons (Fsp3) is 0.440. The van der Waals surface area contributed by atoms with Crippen molar-refractivity contribution in [3.05, 3.63) is 101 Å². The van der Waals surface area contributed by atoms with E-state index in [0.717, 1.165) is 76.1 Å². The summed E-state index contributed by atoms with van der Waals surface area (Å²) in [6.07, 6.45) is 14.7. The van der Waals surface area contributed by atoms with Crippen molar-refractivity contribution in [1.29, 1.82) is 0 Å². The Labute approximate surface area is 340 Å². The molecule has 2 fully saturated rings. The zero-order valence-corrected chi connectivity index (χ0v) is 36.1. The molecule has 0 unspecified atom stereocenters. The topological polar surface area (TPSA) is 63.3 Å². The number of pyridine rings is 1. The van der Waals surface area contributed by atoms with Gasteiger partial charge in [-0.15, -0.1) is 29.1 Å². The average Bonchev–Trinajstić information content (AvgIpc) is 3.94. The monoisotopic (exact) mass is 911 g/mol. The average molecular weight is 911 g/mol. The Morgan fingerprint density at radius 2 is 1.49 bits per heavy atom. The van der Waals surface area contributed by atoms with E-state index < -0.39 is 0 Å². The van der Waals surface area contributed by atoms with E-state index in [1.54, 1.807) is 0 Å². The number of aromatic nitrogens is 1. The number of fused-ring (bicyclic) bond motifs is 7. The number of hydrogen-bond acceptors (Lipinski definition) is 4. The van der Waals surface area contributed by atoms with Crippen LogP contribution in [-0.2, 0) is 41.1 Å². The molecule has 0 saturated heterocycles. The molecule has 0 amide bonds. The van der Waals surface area contributed by atoms with E-state index in [-0.39, 0.29) is 54.0 Å². The van der Waals surface area contributed by atoms with Gasteiger partial charge in [0.1, 0.15) is 11.2 Å². The Morgan fingerprint density at radius 1 is 0.818 bits per heavy atom. The van der Waals surface area contributed by atoms with Crippen LogP contribution in [0.4, 0.5) is 0 Å². The summed E-state index contributed by atoms with van der Waals surface area (Å²) in [5.74, 6) is 0.991. The van der Waals surface area contributed by atoms with Gasteiger partial charge in [0.05, 0.1) is 5.76 Å². The first-order chi connectivity index (χ1) is 25.7. The Morgan fingerprint density at radius 3 is 2.20 bits per heavy atom. The molecule has 3 aliphatic carbocycles. The van der Waals surface area contributed by atoms with Gasteiger partial charge in [0, 0.05) is 66.2 Å². The van der Waals surface area contributed by atoms with Gasteiger partial charge in [-0.25, -0.2) is 0 Å². The van der Waals surface area contributed by atoms with E-state index in [4.69, 9.17) is 9.40 Å². The Bertz CT molecular complexity index is 2430. The van der Waals surface area contributed by atoms with Crippen LogP contribution in [0, 0.1) is 17.9 Å². The number of hydrogen-bond donors (Lipinski definition) is 1. The summed E-state index contributed by atoms with van der Waals surface area (Å²) in [7, 11) is 0. The Hall–Kier alpha value is -3.79. The zero-order chi connectivity index (χ0) is 38.0. The van der Waals surface area contributed by atoms with Crippen LogP contribution < -0.4 is 0 Å². The number of furan rings is 1. The molecular weight excluding hydrogens is 855 g/mol. The molecule has 0 aliphatic heterocycles. The van der Waals surface area contributed by atoms with Gasteiger partial charge in [0.15, 0.2) is 5.78 Å². The SMILES string of the molecule is CC(C)(C)c1cc(-c2nccc3cc4oc5c6c(ccc5c4cc23)C(C)(C)CCC6(C)C)[c-]c2ccccc12.O=C(/C=C(\O)C1CCCC1)C1CCCC1.[Ir]. The molecule has 289 valence electrons. The van der Waals surface area contributed by atoms with Gasteiger partial charge in [0.25, 0.3) is 0 Å². The van der Waals surface area contributed by atoms with Crippen LogP contribution in [0.2, 0.25) is 0 Å². The third kappa shape index (κ3) is 7.44. The van der Waals surface area contributed by atoms with Crippen molar-refractivity contribution in [1.82, 2.24) is 4.98 Å². The number of benzene rings is 4. The molecule has 0 atom stereocenters. The summed E-state index contributed by atoms with van der Waals surface area (Å²) in [5.41, 5.74) is 8.36. The van der Waals surface area contributed by atoms with Gasteiger partial charge in [-0.1, -0.05) is 115 Å². The molecule has 2 heterocycles. The summed E-state index contributed by atoms with van der Waals surface area (Å²) in [4.78, 5) is 16.7. The van der Waals surface area contributed by atoms with Gasteiger partial charge in [-0.2, -0.15) is 0 Å². The first kappa shape index (κ1) is 39.4. The molecule has 9 rings (SSSR count). The zero-order valence-electron chi connectivity index (χ0n) is 33.7. The summed E-state index contributed by atoms with van der Waals surface area (Å²) in [5, 5.41) is 16.8. The van der Waals surface area contributed by atoms with E-state index in [1.807, 2.05) is 6.20 Å². The van der Waals surface area contributed by atoms with E-state index in [1.165, 1.54) is 65.6 Å². The quantitative estimate of drug-likeness (QED) is 0.109. The fourth-order valence-corrected chi connectivity index (χ4v) is 9.63. The van der Waals surface area contributed by atoms with Crippen molar-refractivity contribution < 1.29 is 34.4 Å². The minimum atomic E-state index is 0. The number of allylic oxidation sites excluding steroid dienone is 2. The van der Waals surface area contributed by atoms with Gasteiger partial charge in [-0.05, 0) is 89.3 Å². The largest absolute Gasteiger partial charge is 0.512 e. The number of aliphatic hydroxyl groups excluding tert-OH is 1. The molecule has 1 N–H and O–H groups in total. The normalized spacial score (nSPS) is 18.7. The standard InChI is InChI=1S/C37H36NO.C13H20O2.Ir/c1-35(2,3)30-19-24(18-22-10-8-9-11-25(22)30)33-27-21-28-26-12-13-29-32(37(6,7)16-15-36(29,4)5)34(26)39-31(28)20-23(27)14-17-38-33;14-12(10-5-1-2-6-10)9-13(15)11-7-3-4-8-11;/h8-14,17,19-21H,15-16H2,1-7H3;9-11,14H,1-8H2;/q-1;;/b;12-9-;. The summed E-state index contributed by atoms with van der Waals surface area (Å²) in [6.45, 7) is 16.3. The van der Waals surface area contributed by atoms with Crippen molar-refractivity contribution in [2.24, 2.45) is 11.8 Å². The molecule has 6 aromatic rings. The molecular formula is C50H56IrNO3-. The minimum absolute atomic E-state index is 0. The van der Waals surface area contributed by atoms with Crippen molar-refractivity contribution in [3.8, 4) is 11.3 Å². The van der Waals surface area contributed by atoms with E-state index in [0.29, 0.717) is 5.76 Å². The number of carbonyl (C=O) groups is 1. The molecule has 0 bridgehead atoms. The summed E-state index contributed by atoms with van der Waals surface area (Å²) >= 11 is 0. The van der Waals surface area contributed by atoms with Crippen molar-refractivity contribution in [2.45, 2.75) is 129 Å². The van der Waals surface area contributed by atoms with Crippen molar-refractivity contribution >= 4 is 49.3 Å². The molecule has 3 aliphatic rings. The molecule has 0 spiro atoms. The van der Waals surface area contributed by atoms with Crippen LogP contribution in [-0.4, -0.2) is 15.9 Å². The second-order valence-electron chi connectivity index (χ2n) is 18.8. The van der Waals surface area contributed by atoms with Gasteiger partial charge in [-0.3, -0.25) is 9.78 Å². The van der Waals surface area contributed by atoms with E-state index in [9.17, 15) is 9.90 Å². The minimum Gasteiger partial charge on any atom is -0.512 e.